The lowest BCUT2D eigenvalue weighted by Gasteiger charge is -2.31. The van der Waals surface area contributed by atoms with Crippen LogP contribution in [0.25, 0.3) is 0 Å². The van der Waals surface area contributed by atoms with E-state index in [1.54, 1.807) is 0 Å². The molecule has 1 amide bonds. The minimum Gasteiger partial charge on any atom is -0.378 e. The standard InChI is InChI=1S/C17H27N3O2.C12H11NOS.C6H16N2.2C2H6/c1-13(18-2)16(19(3)4)14-5-7-15(8-6-14)17(21)20-9-11-22-12-10-20;14-13(11-7-3-1-4-8-11)15-12-9-5-2-6-10-12;1-6(7-2)5-8(3)4;2*1-2/h5-8,13,16,18H,9-12H2,1-4H3;1-10,14H;6-7H,5H2,1-4H3;2*1-2H3/t13-,16?;;;;/m0..../s1. The summed E-state index contributed by atoms with van der Waals surface area (Å²) in [5.74, 6) is 0.0953. The third-order valence-corrected chi connectivity index (χ3v) is 8.19. The fraction of sp³-hybridized carbons (Fsp3) is 0.513. The molecule has 3 aromatic carbocycles. The maximum Gasteiger partial charge on any atom is 0.254 e. The van der Waals surface area contributed by atoms with E-state index in [0.29, 0.717) is 38.4 Å². The van der Waals surface area contributed by atoms with E-state index in [1.165, 1.54) is 17.5 Å². The first-order valence-corrected chi connectivity index (χ1v) is 18.2. The Balaban J connectivity index is 0.000000737. The van der Waals surface area contributed by atoms with Crippen molar-refractivity contribution in [2.75, 3.05) is 79.6 Å². The van der Waals surface area contributed by atoms with Crippen molar-refractivity contribution < 1.29 is 14.7 Å². The number of anilines is 1. The Bertz CT molecular complexity index is 1200. The van der Waals surface area contributed by atoms with Crippen LogP contribution in [-0.2, 0) is 4.74 Å². The molecular weight excluding hydrogens is 633 g/mol. The van der Waals surface area contributed by atoms with Crippen LogP contribution in [0.2, 0.25) is 0 Å². The van der Waals surface area contributed by atoms with Crippen molar-refractivity contribution in [2.24, 2.45) is 0 Å². The molecule has 1 saturated heterocycles. The van der Waals surface area contributed by atoms with E-state index in [1.807, 2.05) is 119 Å². The fourth-order valence-corrected chi connectivity index (χ4v) is 5.50. The Labute approximate surface area is 303 Å². The zero-order valence-corrected chi connectivity index (χ0v) is 33.1. The summed E-state index contributed by atoms with van der Waals surface area (Å²) < 4.78 is 6.46. The van der Waals surface area contributed by atoms with Gasteiger partial charge in [0.05, 0.1) is 18.9 Å². The van der Waals surface area contributed by atoms with Gasteiger partial charge < -0.3 is 30.1 Å². The highest BCUT2D eigenvalue weighted by molar-refractivity contribution is 8.00. The molecule has 4 rings (SSSR count). The number of hydrogen-bond acceptors (Lipinski definition) is 9. The largest absolute Gasteiger partial charge is 0.378 e. The van der Waals surface area contributed by atoms with E-state index >= 15 is 0 Å². The van der Waals surface area contributed by atoms with E-state index in [9.17, 15) is 10.0 Å². The summed E-state index contributed by atoms with van der Waals surface area (Å²) in [5.41, 5.74) is 2.73. The van der Waals surface area contributed by atoms with Crippen molar-refractivity contribution in [1.82, 2.24) is 25.3 Å². The summed E-state index contributed by atoms with van der Waals surface area (Å²) >= 11 is 1.29. The van der Waals surface area contributed by atoms with E-state index in [4.69, 9.17) is 4.74 Å². The minimum atomic E-state index is 0.0953. The summed E-state index contributed by atoms with van der Waals surface area (Å²) in [5, 5.41) is 16.2. The van der Waals surface area contributed by atoms with Gasteiger partial charge in [-0.15, -0.1) is 0 Å². The molecule has 3 aromatic rings. The highest BCUT2D eigenvalue weighted by Crippen LogP contribution is 2.26. The predicted octanol–water partition coefficient (Wildman–Crippen LogP) is 7.17. The molecule has 0 saturated carbocycles. The van der Waals surface area contributed by atoms with Crippen LogP contribution in [0.5, 0.6) is 0 Å². The minimum absolute atomic E-state index is 0.0953. The Morgan fingerprint density at radius 1 is 0.816 bits per heavy atom. The van der Waals surface area contributed by atoms with Crippen molar-refractivity contribution in [2.45, 2.75) is 64.6 Å². The molecule has 1 heterocycles. The number of benzene rings is 3. The normalized spacial score (nSPS) is 13.9. The van der Waals surface area contributed by atoms with Crippen LogP contribution >= 0.6 is 11.9 Å². The van der Waals surface area contributed by atoms with Gasteiger partial charge in [0.1, 0.15) is 0 Å². The average Bonchev–Trinajstić information content (AvgIpc) is 3.14. The molecule has 1 fully saturated rings. The van der Waals surface area contributed by atoms with E-state index in [-0.39, 0.29) is 11.9 Å². The van der Waals surface area contributed by atoms with Crippen molar-refractivity contribution >= 4 is 23.5 Å². The third kappa shape index (κ3) is 18.6. The van der Waals surface area contributed by atoms with E-state index in [2.05, 4.69) is 74.6 Å². The Morgan fingerprint density at radius 3 is 1.76 bits per heavy atom. The smallest absolute Gasteiger partial charge is 0.254 e. The number of hydrogen-bond donors (Lipinski definition) is 3. The number of morpholine rings is 1. The van der Waals surface area contributed by atoms with Gasteiger partial charge >= 0.3 is 0 Å². The molecule has 0 aliphatic carbocycles. The second-order valence-corrected chi connectivity index (χ2v) is 12.5. The molecule has 10 heteroatoms. The number of carbonyl (C=O) groups excluding carboxylic acids is 1. The first-order chi connectivity index (χ1) is 23.6. The Morgan fingerprint density at radius 2 is 1.33 bits per heavy atom. The van der Waals surface area contributed by atoms with Crippen LogP contribution in [0.1, 0.15) is 63.5 Å². The summed E-state index contributed by atoms with van der Waals surface area (Å²) in [6, 6.07) is 28.4. The lowest BCUT2D eigenvalue weighted by Crippen LogP contribution is -2.40. The van der Waals surface area contributed by atoms with Crippen LogP contribution in [0.15, 0.2) is 89.8 Å². The number of likely N-dealkylation sites (N-methyl/N-ethyl adjacent to an activating group) is 4. The molecule has 0 spiro atoms. The van der Waals surface area contributed by atoms with Gasteiger partial charge in [0.2, 0.25) is 0 Å². The Hall–Kier alpha value is -2.96. The van der Waals surface area contributed by atoms with Crippen molar-refractivity contribution in [3.63, 3.8) is 0 Å². The zero-order valence-electron chi connectivity index (χ0n) is 32.3. The summed E-state index contributed by atoms with van der Waals surface area (Å²) in [6.45, 7) is 16.1. The first-order valence-electron chi connectivity index (χ1n) is 17.5. The quantitative estimate of drug-likeness (QED) is 0.143. The number of para-hydroxylation sites is 1. The SMILES string of the molecule is CC.CC.CNC(C)CN(C)C.CN[C@@H](C)C(c1ccc(C(=O)N2CCOCC2)cc1)N(C)C.ON(Sc1ccccc1)c1ccccc1. The average molecular weight is 699 g/mol. The molecule has 3 N–H and O–H groups in total. The van der Waals surface area contributed by atoms with Crippen LogP contribution in [0.3, 0.4) is 0 Å². The van der Waals surface area contributed by atoms with Gasteiger partial charge in [0.15, 0.2) is 0 Å². The Kier molecular flexibility index (Phi) is 26.1. The highest BCUT2D eigenvalue weighted by atomic mass is 32.2. The number of nitrogens with one attached hydrogen (secondary N) is 2. The molecule has 0 radical (unpaired) electrons. The second kappa shape index (κ2) is 27.8. The molecule has 276 valence electrons. The van der Waals surface area contributed by atoms with Crippen LogP contribution in [0, 0.1) is 0 Å². The third-order valence-electron chi connectivity index (χ3n) is 7.33. The number of rotatable bonds is 11. The number of ether oxygens (including phenoxy) is 1. The molecule has 2 unspecified atom stereocenters. The first kappa shape index (κ1) is 46.0. The van der Waals surface area contributed by atoms with E-state index < -0.39 is 0 Å². The molecule has 0 aromatic heterocycles. The summed E-state index contributed by atoms with van der Waals surface area (Å²) in [6.07, 6.45) is 0. The lowest BCUT2D eigenvalue weighted by atomic mass is 9.98. The highest BCUT2D eigenvalue weighted by Gasteiger charge is 2.22. The second-order valence-electron chi connectivity index (χ2n) is 11.5. The molecule has 0 bridgehead atoms. The molecule has 9 nitrogen and oxygen atoms in total. The van der Waals surface area contributed by atoms with Gasteiger partial charge in [0, 0.05) is 60.2 Å². The van der Waals surface area contributed by atoms with Crippen molar-refractivity contribution in [1.29, 1.82) is 0 Å². The number of amides is 1. The summed E-state index contributed by atoms with van der Waals surface area (Å²) in [4.78, 5) is 19.7. The summed E-state index contributed by atoms with van der Waals surface area (Å²) in [7, 11) is 12.3. The van der Waals surface area contributed by atoms with Gasteiger partial charge in [-0.05, 0) is 98.1 Å². The van der Waals surface area contributed by atoms with E-state index in [0.717, 1.165) is 27.2 Å². The van der Waals surface area contributed by atoms with Gasteiger partial charge in [-0.1, -0.05) is 76.2 Å². The zero-order chi connectivity index (χ0) is 37.2. The fourth-order valence-electron chi connectivity index (χ4n) is 4.79. The van der Waals surface area contributed by atoms with Crippen LogP contribution < -0.4 is 15.1 Å². The monoisotopic (exact) mass is 698 g/mol. The maximum atomic E-state index is 12.5. The van der Waals surface area contributed by atoms with Crippen molar-refractivity contribution in [3.05, 3.63) is 96.1 Å². The molecule has 1 aliphatic rings. The van der Waals surface area contributed by atoms with Gasteiger partial charge in [-0.25, -0.2) is 0 Å². The predicted molar refractivity (Wildman–Crippen MR) is 211 cm³/mol. The number of carbonyl (C=O) groups is 1. The van der Waals surface area contributed by atoms with Gasteiger partial charge in [-0.2, -0.15) is 4.47 Å². The van der Waals surface area contributed by atoms with Gasteiger partial charge in [0.25, 0.3) is 5.91 Å². The number of nitrogens with zero attached hydrogens (tertiary/aromatic N) is 4. The molecule has 1 aliphatic heterocycles. The van der Waals surface area contributed by atoms with Crippen molar-refractivity contribution in [3.8, 4) is 0 Å². The molecule has 49 heavy (non-hydrogen) atoms. The topological polar surface area (TPSA) is 83.5 Å². The molecule has 3 atom stereocenters. The maximum absolute atomic E-state index is 12.5. The van der Waals surface area contributed by atoms with Crippen LogP contribution in [-0.4, -0.2) is 113 Å². The van der Waals surface area contributed by atoms with Crippen LogP contribution in [0.4, 0.5) is 5.69 Å². The lowest BCUT2D eigenvalue weighted by molar-refractivity contribution is 0.0303. The molecular formula is C39H66N6O3S. The van der Waals surface area contributed by atoms with Gasteiger partial charge in [-0.3, -0.25) is 10.0 Å².